The molecule has 6 heteroatoms. The van der Waals surface area contributed by atoms with Gasteiger partial charge >= 0.3 is 0 Å². The number of halogens is 1. The maximum Gasteiger partial charge on any atom is 0.162 e. The number of para-hydroxylation sites is 2. The van der Waals surface area contributed by atoms with Crippen LogP contribution in [-0.2, 0) is 11.8 Å². The van der Waals surface area contributed by atoms with E-state index in [1.807, 2.05) is 24.3 Å². The van der Waals surface area contributed by atoms with Crippen LogP contribution in [0, 0.1) is 17.1 Å². The summed E-state index contributed by atoms with van der Waals surface area (Å²) in [7, 11) is 1.80. The van der Waals surface area contributed by atoms with Crippen molar-refractivity contribution in [1.29, 1.82) is 5.26 Å². The van der Waals surface area contributed by atoms with Crippen LogP contribution < -0.4 is 0 Å². The minimum Gasteiger partial charge on any atom is -0.330 e. The maximum atomic E-state index is 13.6. The number of hydrogen-bond donors (Lipinski definition) is 0. The molecule has 3 aromatic rings. The summed E-state index contributed by atoms with van der Waals surface area (Å²) in [6, 6.07) is 16.0. The SMILES string of the molecule is Cn1c(C(C#N)C(=O)CCSc2ccccc2F)nc2ccccc21. The number of benzene rings is 2. The molecular weight excluding hydrogens is 337 g/mol. The van der Waals surface area contributed by atoms with Gasteiger partial charge in [0.2, 0.25) is 0 Å². The highest BCUT2D eigenvalue weighted by atomic mass is 32.2. The van der Waals surface area contributed by atoms with Crippen molar-refractivity contribution < 1.29 is 9.18 Å². The third-order valence-electron chi connectivity index (χ3n) is 3.97. The fourth-order valence-electron chi connectivity index (χ4n) is 2.66. The van der Waals surface area contributed by atoms with Gasteiger partial charge in [-0.3, -0.25) is 4.79 Å². The number of aromatic nitrogens is 2. The van der Waals surface area contributed by atoms with Crippen LogP contribution in [0.15, 0.2) is 53.4 Å². The zero-order valence-electron chi connectivity index (χ0n) is 13.6. The Hall–Kier alpha value is -2.65. The average molecular weight is 353 g/mol. The van der Waals surface area contributed by atoms with E-state index >= 15 is 0 Å². The lowest BCUT2D eigenvalue weighted by atomic mass is 10.0. The summed E-state index contributed by atoms with van der Waals surface area (Å²) >= 11 is 1.28. The number of rotatable bonds is 6. The molecule has 2 aromatic carbocycles. The number of nitriles is 1. The summed E-state index contributed by atoms with van der Waals surface area (Å²) < 4.78 is 15.4. The zero-order chi connectivity index (χ0) is 17.8. The molecule has 3 rings (SSSR count). The van der Waals surface area contributed by atoms with Crippen molar-refractivity contribution in [1.82, 2.24) is 9.55 Å². The lowest BCUT2D eigenvalue weighted by molar-refractivity contribution is -0.119. The van der Waals surface area contributed by atoms with Gasteiger partial charge in [0.15, 0.2) is 11.7 Å². The summed E-state index contributed by atoms with van der Waals surface area (Å²) in [5, 5.41) is 9.47. The van der Waals surface area contributed by atoms with Gasteiger partial charge in [-0.25, -0.2) is 9.37 Å². The molecular formula is C19H16FN3OS. The van der Waals surface area contributed by atoms with E-state index in [4.69, 9.17) is 0 Å². The summed E-state index contributed by atoms with van der Waals surface area (Å²) in [5.41, 5.74) is 1.64. The molecule has 0 aliphatic heterocycles. The zero-order valence-corrected chi connectivity index (χ0v) is 14.5. The number of nitrogens with zero attached hydrogens (tertiary/aromatic N) is 3. The van der Waals surface area contributed by atoms with Crippen molar-refractivity contribution in [2.45, 2.75) is 17.2 Å². The molecule has 0 amide bonds. The summed E-state index contributed by atoms with van der Waals surface area (Å²) in [6.45, 7) is 0. The molecule has 0 N–H and O–H groups in total. The van der Waals surface area contributed by atoms with E-state index in [0.717, 1.165) is 11.0 Å². The van der Waals surface area contributed by atoms with Crippen molar-refractivity contribution in [2.75, 3.05) is 5.75 Å². The standard InChI is InChI=1S/C19H16FN3OS/c1-23-16-8-4-3-7-15(16)22-19(23)13(12-21)17(24)10-11-25-18-9-5-2-6-14(18)20/h2-9,13H,10-11H2,1H3. The first-order chi connectivity index (χ1) is 12.1. The third-order valence-corrected chi connectivity index (χ3v) is 5.02. The van der Waals surface area contributed by atoms with Crippen molar-refractivity contribution in [3.05, 3.63) is 60.2 Å². The lowest BCUT2D eigenvalue weighted by Gasteiger charge is -2.09. The molecule has 0 radical (unpaired) electrons. The predicted molar refractivity (Wildman–Crippen MR) is 95.8 cm³/mol. The second-order valence-corrected chi connectivity index (χ2v) is 6.71. The number of hydrogen-bond acceptors (Lipinski definition) is 4. The number of carbonyl (C=O) groups excluding carboxylic acids is 1. The van der Waals surface area contributed by atoms with Crippen LogP contribution in [0.3, 0.4) is 0 Å². The molecule has 0 spiro atoms. The van der Waals surface area contributed by atoms with Crippen LogP contribution in [0.2, 0.25) is 0 Å². The third kappa shape index (κ3) is 3.57. The Labute approximate surface area is 149 Å². The maximum absolute atomic E-state index is 13.6. The second-order valence-electron chi connectivity index (χ2n) is 5.58. The molecule has 1 unspecified atom stereocenters. The highest BCUT2D eigenvalue weighted by molar-refractivity contribution is 7.99. The van der Waals surface area contributed by atoms with Gasteiger partial charge in [0, 0.05) is 24.1 Å². The van der Waals surface area contributed by atoms with Crippen LogP contribution >= 0.6 is 11.8 Å². The molecule has 0 aliphatic rings. The van der Waals surface area contributed by atoms with E-state index in [0.29, 0.717) is 16.5 Å². The van der Waals surface area contributed by atoms with E-state index in [2.05, 4.69) is 11.1 Å². The molecule has 25 heavy (non-hydrogen) atoms. The highest BCUT2D eigenvalue weighted by Crippen LogP contribution is 2.25. The molecule has 0 saturated carbocycles. The lowest BCUT2D eigenvalue weighted by Crippen LogP contribution is -2.15. The molecule has 0 saturated heterocycles. The van der Waals surface area contributed by atoms with E-state index in [1.54, 1.807) is 29.8 Å². The number of imidazole rings is 1. The second kappa shape index (κ2) is 7.49. The number of Topliss-reactive ketones (excluding diaryl/α,β-unsaturated/α-hetero) is 1. The van der Waals surface area contributed by atoms with Crippen LogP contribution in [0.25, 0.3) is 11.0 Å². The van der Waals surface area contributed by atoms with Crippen molar-refractivity contribution >= 4 is 28.6 Å². The largest absolute Gasteiger partial charge is 0.330 e. The Morgan fingerprint density at radius 2 is 2.00 bits per heavy atom. The number of aryl methyl sites for hydroxylation is 1. The number of thioether (sulfide) groups is 1. The Morgan fingerprint density at radius 3 is 2.72 bits per heavy atom. The van der Waals surface area contributed by atoms with Gasteiger partial charge in [-0.05, 0) is 24.3 Å². The van der Waals surface area contributed by atoms with Gasteiger partial charge in [-0.1, -0.05) is 24.3 Å². The van der Waals surface area contributed by atoms with Gasteiger partial charge in [-0.15, -0.1) is 11.8 Å². The Kier molecular flexibility index (Phi) is 5.15. The van der Waals surface area contributed by atoms with Crippen molar-refractivity contribution in [2.24, 2.45) is 7.05 Å². The van der Waals surface area contributed by atoms with E-state index < -0.39 is 5.92 Å². The number of fused-ring (bicyclic) bond motifs is 1. The summed E-state index contributed by atoms with van der Waals surface area (Å²) in [5.74, 6) is -0.554. The van der Waals surface area contributed by atoms with Crippen LogP contribution in [0.5, 0.6) is 0 Å². The predicted octanol–water partition coefficient (Wildman–Crippen LogP) is 4.07. The van der Waals surface area contributed by atoms with Gasteiger partial charge in [0.25, 0.3) is 0 Å². The smallest absolute Gasteiger partial charge is 0.162 e. The van der Waals surface area contributed by atoms with Gasteiger partial charge in [0.1, 0.15) is 11.6 Å². The van der Waals surface area contributed by atoms with E-state index in [9.17, 15) is 14.4 Å². The Balaban J connectivity index is 1.72. The minimum absolute atomic E-state index is 0.181. The van der Waals surface area contributed by atoms with Crippen LogP contribution in [0.4, 0.5) is 4.39 Å². The molecule has 0 aliphatic carbocycles. The van der Waals surface area contributed by atoms with Crippen LogP contribution in [-0.4, -0.2) is 21.1 Å². The Bertz CT molecular complexity index is 961. The molecule has 1 heterocycles. The van der Waals surface area contributed by atoms with Gasteiger partial charge in [0.05, 0.1) is 17.1 Å². The molecule has 1 atom stereocenters. The fourth-order valence-corrected chi connectivity index (χ4v) is 3.57. The highest BCUT2D eigenvalue weighted by Gasteiger charge is 2.25. The molecule has 0 fully saturated rings. The first-order valence-corrected chi connectivity index (χ1v) is 8.81. The van der Waals surface area contributed by atoms with Crippen molar-refractivity contribution in [3.8, 4) is 6.07 Å². The van der Waals surface area contributed by atoms with E-state index in [-0.39, 0.29) is 18.0 Å². The van der Waals surface area contributed by atoms with Crippen molar-refractivity contribution in [3.63, 3.8) is 0 Å². The first-order valence-electron chi connectivity index (χ1n) is 7.83. The van der Waals surface area contributed by atoms with Gasteiger partial charge in [-0.2, -0.15) is 5.26 Å². The van der Waals surface area contributed by atoms with Gasteiger partial charge < -0.3 is 4.57 Å². The number of carbonyl (C=O) groups is 1. The molecule has 4 nitrogen and oxygen atoms in total. The first kappa shape index (κ1) is 17.2. The van der Waals surface area contributed by atoms with Crippen LogP contribution in [0.1, 0.15) is 18.2 Å². The minimum atomic E-state index is -0.918. The monoisotopic (exact) mass is 353 g/mol. The quantitative estimate of drug-likeness (QED) is 0.627. The molecule has 126 valence electrons. The molecule has 1 aromatic heterocycles. The number of ketones is 1. The fraction of sp³-hybridized carbons (Fsp3) is 0.211. The molecule has 0 bridgehead atoms. The van der Waals surface area contributed by atoms with E-state index in [1.165, 1.54) is 17.8 Å². The summed E-state index contributed by atoms with van der Waals surface area (Å²) in [4.78, 5) is 17.4. The average Bonchev–Trinajstić information content (AvgIpc) is 2.94. The Morgan fingerprint density at radius 1 is 1.28 bits per heavy atom. The topological polar surface area (TPSA) is 58.7 Å². The summed E-state index contributed by atoms with van der Waals surface area (Å²) in [6.07, 6.45) is 0.181. The normalized spacial score (nSPS) is 12.0.